The molecule has 15 heteroatoms. The fourth-order valence-electron chi connectivity index (χ4n) is 3.15. The highest BCUT2D eigenvalue weighted by molar-refractivity contribution is 8.15. The highest BCUT2D eigenvalue weighted by Crippen LogP contribution is 2.29. The van der Waals surface area contributed by atoms with Gasteiger partial charge in [-0.25, -0.2) is 28.6 Å². The van der Waals surface area contributed by atoms with E-state index >= 15 is 4.39 Å². The van der Waals surface area contributed by atoms with Gasteiger partial charge >= 0.3 is 24.1 Å². The number of ether oxygens (including phenoxy) is 4. The number of nitrogens with two attached hydrogens (primary N) is 1. The average Bonchev–Trinajstić information content (AvgIpc) is 3.20. The van der Waals surface area contributed by atoms with Crippen LogP contribution in [0.25, 0.3) is 0 Å². The van der Waals surface area contributed by atoms with Gasteiger partial charge in [0.15, 0.2) is 0 Å². The number of alkyl halides is 1. The fourth-order valence-corrected chi connectivity index (χ4v) is 3.90. The Hall–Kier alpha value is -3.46. The van der Waals surface area contributed by atoms with E-state index in [0.29, 0.717) is 0 Å². The second kappa shape index (κ2) is 13.3. The third-order valence-electron chi connectivity index (χ3n) is 4.74. The van der Waals surface area contributed by atoms with Gasteiger partial charge in [-0.15, -0.1) is 0 Å². The molecule has 2 rings (SSSR count). The maximum Gasteiger partial charge on any atom is 0.428 e. The van der Waals surface area contributed by atoms with E-state index < -0.39 is 63.8 Å². The number of esters is 2. The molecule has 2 amide bonds. The number of rotatable bonds is 8. The largest absolute Gasteiger partial charge is 0.463 e. The first-order valence-electron chi connectivity index (χ1n) is 12.2. The first-order valence-corrected chi connectivity index (χ1v) is 13.1. The average molecular weight is 589 g/mol. The first kappa shape index (κ1) is 32.8. The van der Waals surface area contributed by atoms with E-state index in [2.05, 4.69) is 9.84 Å². The van der Waals surface area contributed by atoms with Crippen molar-refractivity contribution in [3.63, 3.8) is 0 Å². The molecule has 12 nitrogen and oxygen atoms in total. The zero-order valence-electron chi connectivity index (χ0n) is 23.3. The van der Waals surface area contributed by atoms with Crippen LogP contribution in [0.15, 0.2) is 23.3 Å². The molecule has 0 saturated carbocycles. The molecule has 40 heavy (non-hydrogen) atoms. The van der Waals surface area contributed by atoms with Gasteiger partial charge in [0.2, 0.25) is 5.50 Å². The Kier molecular flexibility index (Phi) is 10.9. The van der Waals surface area contributed by atoms with Crippen molar-refractivity contribution >= 4 is 46.6 Å². The van der Waals surface area contributed by atoms with Crippen molar-refractivity contribution in [3.05, 3.63) is 29.6 Å². The van der Waals surface area contributed by atoms with Crippen LogP contribution in [-0.4, -0.2) is 71.2 Å². The van der Waals surface area contributed by atoms with Gasteiger partial charge in [0.25, 0.3) is 0 Å². The van der Waals surface area contributed by atoms with Crippen molar-refractivity contribution in [2.75, 3.05) is 18.1 Å². The van der Waals surface area contributed by atoms with Gasteiger partial charge in [0.1, 0.15) is 34.2 Å². The number of halogens is 2. The number of nitrogens with one attached hydrogen (secondary N) is 1. The Morgan fingerprint density at radius 2 is 1.80 bits per heavy atom. The topological polar surface area (TPSA) is 159 Å². The van der Waals surface area contributed by atoms with Gasteiger partial charge < -0.3 is 24.7 Å². The van der Waals surface area contributed by atoms with E-state index in [1.54, 1.807) is 41.5 Å². The van der Waals surface area contributed by atoms with Gasteiger partial charge in [-0.2, -0.15) is 5.10 Å². The maximum atomic E-state index is 15.3. The number of nitrogens with zero attached hydrogens (tertiary/aromatic N) is 2. The summed E-state index contributed by atoms with van der Waals surface area (Å²) >= 11 is 0.196. The smallest absolute Gasteiger partial charge is 0.428 e. The second-order valence-electron chi connectivity index (χ2n) is 10.5. The molecule has 1 fully saturated rings. The molecule has 1 aliphatic rings. The third kappa shape index (κ3) is 9.62. The van der Waals surface area contributed by atoms with Gasteiger partial charge in [0.05, 0.1) is 18.8 Å². The van der Waals surface area contributed by atoms with Crippen LogP contribution in [0.2, 0.25) is 0 Å². The van der Waals surface area contributed by atoms with Crippen LogP contribution in [0.4, 0.5) is 24.1 Å². The zero-order chi connectivity index (χ0) is 30.4. The van der Waals surface area contributed by atoms with Crippen molar-refractivity contribution in [2.24, 2.45) is 10.8 Å². The Bertz CT molecular complexity index is 1150. The minimum atomic E-state index is -2.29. The minimum absolute atomic E-state index is 0.0387. The van der Waals surface area contributed by atoms with E-state index in [1.165, 1.54) is 19.1 Å². The fraction of sp³-hybridized carbons (Fsp3) is 0.560. The van der Waals surface area contributed by atoms with Crippen LogP contribution in [-0.2, 0) is 28.5 Å². The highest BCUT2D eigenvalue weighted by atomic mass is 32.2. The number of hydrogen-bond acceptors (Lipinski definition) is 11. The molecule has 3 atom stereocenters. The SMILES string of the molecule is CCOC(=O)C(F)S/C(=N/NC(=O)OC(C)(C)C)c1ccc(N2CC([C@H](N)C(=O)OC(C)(C)C)OC2=O)cc1F. The lowest BCUT2D eigenvalue weighted by Gasteiger charge is -2.24. The van der Waals surface area contributed by atoms with Crippen LogP contribution >= 0.6 is 11.8 Å². The molecule has 0 aromatic heterocycles. The van der Waals surface area contributed by atoms with Gasteiger partial charge in [-0.05, 0) is 66.7 Å². The molecule has 222 valence electrons. The van der Waals surface area contributed by atoms with Crippen LogP contribution in [0, 0.1) is 5.82 Å². The molecule has 3 N–H and O–H groups in total. The summed E-state index contributed by atoms with van der Waals surface area (Å²) in [4.78, 5) is 49.7. The normalized spacial score (nSPS) is 17.6. The molecule has 1 aliphatic heterocycles. The predicted molar refractivity (Wildman–Crippen MR) is 143 cm³/mol. The molecular weight excluding hydrogens is 554 g/mol. The molecule has 1 saturated heterocycles. The lowest BCUT2D eigenvalue weighted by Crippen LogP contribution is -2.47. The summed E-state index contributed by atoms with van der Waals surface area (Å²) in [6.45, 7) is 11.0. The lowest BCUT2D eigenvalue weighted by atomic mass is 10.1. The number of amides is 2. The first-order chi connectivity index (χ1) is 18.4. The molecule has 1 aromatic rings. The van der Waals surface area contributed by atoms with Crippen molar-refractivity contribution in [3.8, 4) is 0 Å². The number of cyclic esters (lactones) is 1. The summed E-state index contributed by atoms with van der Waals surface area (Å²) in [5.41, 5.74) is 3.73. The standard InChI is InChI=1S/C25H34F2N4O8S/c1-8-36-21(33)18(27)40-19(29-30-22(34)39-25(5,6)7)14-10-9-13(11-15(14)26)31-12-16(37-23(31)35)17(28)20(32)38-24(2,3)4/h9-11,16-18H,8,12,28H2,1-7H3,(H,30,34)/b29-19+/t16?,17-,18?/m0/s1. The molecule has 1 aromatic carbocycles. The minimum Gasteiger partial charge on any atom is -0.463 e. The van der Waals surface area contributed by atoms with E-state index in [0.717, 1.165) is 11.0 Å². The summed E-state index contributed by atoms with van der Waals surface area (Å²) in [5, 5.41) is 3.33. The van der Waals surface area contributed by atoms with Crippen LogP contribution in [0.1, 0.15) is 54.0 Å². The summed E-state index contributed by atoms with van der Waals surface area (Å²) in [7, 11) is 0. The van der Waals surface area contributed by atoms with Crippen LogP contribution in [0.5, 0.6) is 0 Å². The maximum absolute atomic E-state index is 15.3. The number of carbonyl (C=O) groups is 4. The number of benzene rings is 1. The van der Waals surface area contributed by atoms with Crippen molar-refractivity contribution in [2.45, 2.75) is 77.3 Å². The molecule has 2 unspecified atom stereocenters. The number of anilines is 1. The molecule has 0 aliphatic carbocycles. The Morgan fingerprint density at radius 3 is 2.35 bits per heavy atom. The molecular formula is C25H34F2N4O8S. The number of carbonyl (C=O) groups excluding carboxylic acids is 4. The zero-order valence-corrected chi connectivity index (χ0v) is 24.1. The van der Waals surface area contributed by atoms with Gasteiger partial charge in [0, 0.05) is 5.56 Å². The monoisotopic (exact) mass is 588 g/mol. The third-order valence-corrected chi connectivity index (χ3v) is 5.68. The Morgan fingerprint density at radius 1 is 1.18 bits per heavy atom. The molecule has 0 bridgehead atoms. The highest BCUT2D eigenvalue weighted by Gasteiger charge is 2.41. The van der Waals surface area contributed by atoms with E-state index in [9.17, 15) is 23.6 Å². The van der Waals surface area contributed by atoms with E-state index in [4.69, 9.17) is 19.9 Å². The number of thioether (sulfide) groups is 1. The summed E-state index contributed by atoms with van der Waals surface area (Å²) in [6, 6.07) is 2.14. The van der Waals surface area contributed by atoms with Crippen LogP contribution in [0.3, 0.4) is 0 Å². The van der Waals surface area contributed by atoms with Gasteiger partial charge in [-0.3, -0.25) is 9.69 Å². The van der Waals surface area contributed by atoms with Crippen molar-refractivity contribution in [1.29, 1.82) is 0 Å². The van der Waals surface area contributed by atoms with Crippen LogP contribution < -0.4 is 16.1 Å². The predicted octanol–water partition coefficient (Wildman–Crippen LogP) is 3.60. The number of hydrogen-bond donors (Lipinski definition) is 2. The van der Waals surface area contributed by atoms with E-state index in [-0.39, 0.29) is 36.2 Å². The van der Waals surface area contributed by atoms with E-state index in [1.807, 2.05) is 5.43 Å². The Labute approximate surface area is 234 Å². The van der Waals surface area contributed by atoms with Crippen molar-refractivity contribution in [1.82, 2.24) is 5.43 Å². The lowest BCUT2D eigenvalue weighted by molar-refractivity contribution is -0.158. The quantitative estimate of drug-likeness (QED) is 0.151. The Balaban J connectivity index is 2.29. The molecule has 0 radical (unpaired) electrons. The molecule has 0 spiro atoms. The summed E-state index contributed by atoms with van der Waals surface area (Å²) in [6.07, 6.45) is -2.94. The van der Waals surface area contributed by atoms with Crippen molar-refractivity contribution < 1.29 is 46.9 Å². The second-order valence-corrected chi connectivity index (χ2v) is 11.5. The van der Waals surface area contributed by atoms with Gasteiger partial charge in [-0.1, -0.05) is 11.8 Å². The number of hydrazone groups is 1. The summed E-state index contributed by atoms with van der Waals surface area (Å²) in [5.74, 6) is -2.97. The molecule has 1 heterocycles. The summed E-state index contributed by atoms with van der Waals surface area (Å²) < 4.78 is 50.0.